The smallest absolute Gasteiger partial charge is 0.120 e. The molecule has 0 aliphatic carbocycles. The maximum absolute atomic E-state index is 8.86. The zero-order valence-corrected chi connectivity index (χ0v) is 5.76. The Hall–Kier alpha value is -0.0800. The van der Waals surface area contributed by atoms with Crippen molar-refractivity contribution in [2.45, 2.75) is 39.5 Å². The largest absolute Gasteiger partial charge is 0.377 e. The van der Waals surface area contributed by atoms with Crippen LogP contribution in [0.1, 0.15) is 27.2 Å². The lowest BCUT2D eigenvalue weighted by molar-refractivity contribution is 0.119. The van der Waals surface area contributed by atoms with E-state index in [9.17, 15) is 0 Å². The number of hydrogen-bond acceptors (Lipinski definition) is 1. The standard InChI is InChI=1S/C6H14NO/c1-4-6(8)7-5(2)3/h5-6,8H,4H2,1-3H3. The highest BCUT2D eigenvalue weighted by atomic mass is 16.3. The Labute approximate surface area is 50.9 Å². The molecule has 0 aromatic heterocycles. The van der Waals surface area contributed by atoms with Crippen LogP contribution in [0.15, 0.2) is 0 Å². The predicted octanol–water partition coefficient (Wildman–Crippen LogP) is 0.728. The highest BCUT2D eigenvalue weighted by molar-refractivity contribution is 4.53. The van der Waals surface area contributed by atoms with Gasteiger partial charge in [-0.15, -0.1) is 0 Å². The highest BCUT2D eigenvalue weighted by Gasteiger charge is 2.01. The number of nitrogens with zero attached hydrogens (tertiary/aromatic N) is 1. The Bertz CT molecular complexity index is 54.5. The van der Waals surface area contributed by atoms with Gasteiger partial charge < -0.3 is 5.11 Å². The van der Waals surface area contributed by atoms with Gasteiger partial charge in [0.1, 0.15) is 6.23 Å². The van der Waals surface area contributed by atoms with Crippen molar-refractivity contribution >= 4 is 0 Å². The van der Waals surface area contributed by atoms with Crippen molar-refractivity contribution in [3.63, 3.8) is 0 Å². The molecule has 0 heterocycles. The number of hydrogen-bond donors (Lipinski definition) is 1. The third-order valence-electron chi connectivity index (χ3n) is 0.835. The van der Waals surface area contributed by atoms with Crippen LogP contribution in [0.4, 0.5) is 0 Å². The summed E-state index contributed by atoms with van der Waals surface area (Å²) in [5.41, 5.74) is 0. The fourth-order valence-electron chi connectivity index (χ4n) is 0.450. The molecule has 0 rings (SSSR count). The van der Waals surface area contributed by atoms with Crippen molar-refractivity contribution < 1.29 is 5.11 Å². The van der Waals surface area contributed by atoms with Gasteiger partial charge in [0.15, 0.2) is 0 Å². The third kappa shape index (κ3) is 4.09. The first-order valence-electron chi connectivity index (χ1n) is 3.04. The van der Waals surface area contributed by atoms with E-state index in [-0.39, 0.29) is 6.04 Å². The number of aliphatic hydroxyl groups is 1. The summed E-state index contributed by atoms with van der Waals surface area (Å²) in [7, 11) is 0. The lowest BCUT2D eigenvalue weighted by Crippen LogP contribution is -2.26. The van der Waals surface area contributed by atoms with Gasteiger partial charge in [-0.25, -0.2) is 5.32 Å². The summed E-state index contributed by atoms with van der Waals surface area (Å²) in [5.74, 6) is 0. The van der Waals surface area contributed by atoms with E-state index in [1.165, 1.54) is 0 Å². The minimum atomic E-state index is -0.449. The molecule has 1 unspecified atom stereocenters. The molecule has 0 aliphatic rings. The first-order valence-corrected chi connectivity index (χ1v) is 3.04. The number of rotatable bonds is 3. The molecular weight excluding hydrogens is 102 g/mol. The van der Waals surface area contributed by atoms with Crippen molar-refractivity contribution in [2.24, 2.45) is 0 Å². The van der Waals surface area contributed by atoms with Gasteiger partial charge in [-0.3, -0.25) is 0 Å². The third-order valence-corrected chi connectivity index (χ3v) is 0.835. The van der Waals surface area contributed by atoms with E-state index >= 15 is 0 Å². The zero-order chi connectivity index (χ0) is 6.57. The molecule has 1 N–H and O–H groups in total. The van der Waals surface area contributed by atoms with E-state index in [0.29, 0.717) is 0 Å². The molecule has 0 bridgehead atoms. The highest BCUT2D eigenvalue weighted by Crippen LogP contribution is 1.89. The summed E-state index contributed by atoms with van der Waals surface area (Å²) in [6, 6.07) is 0.255. The molecule has 2 heteroatoms. The van der Waals surface area contributed by atoms with Gasteiger partial charge in [-0.2, -0.15) is 0 Å². The van der Waals surface area contributed by atoms with E-state index in [4.69, 9.17) is 5.11 Å². The average Bonchev–Trinajstić information content (AvgIpc) is 1.65. The first-order chi connectivity index (χ1) is 3.66. The van der Waals surface area contributed by atoms with Crippen molar-refractivity contribution in [3.05, 3.63) is 0 Å². The molecule has 0 saturated carbocycles. The van der Waals surface area contributed by atoms with E-state index in [1.54, 1.807) is 0 Å². The molecular formula is C6H14NO. The Morgan fingerprint density at radius 2 is 2.00 bits per heavy atom. The summed E-state index contributed by atoms with van der Waals surface area (Å²) < 4.78 is 0. The molecule has 1 radical (unpaired) electrons. The van der Waals surface area contributed by atoms with Gasteiger partial charge in [0.25, 0.3) is 0 Å². The van der Waals surface area contributed by atoms with Crippen LogP contribution in [-0.4, -0.2) is 17.4 Å². The van der Waals surface area contributed by atoms with Crippen LogP contribution in [0.25, 0.3) is 0 Å². The molecule has 0 aliphatic heterocycles. The van der Waals surface area contributed by atoms with Gasteiger partial charge in [0.2, 0.25) is 0 Å². The Morgan fingerprint density at radius 1 is 1.50 bits per heavy atom. The molecule has 0 spiro atoms. The summed E-state index contributed by atoms with van der Waals surface area (Å²) in [6.45, 7) is 5.83. The van der Waals surface area contributed by atoms with Crippen molar-refractivity contribution in [2.75, 3.05) is 0 Å². The lowest BCUT2D eigenvalue weighted by Gasteiger charge is -2.09. The lowest BCUT2D eigenvalue weighted by atomic mass is 10.3. The van der Waals surface area contributed by atoms with Crippen molar-refractivity contribution in [1.29, 1.82) is 0 Å². The fourth-order valence-corrected chi connectivity index (χ4v) is 0.450. The summed E-state index contributed by atoms with van der Waals surface area (Å²) >= 11 is 0. The van der Waals surface area contributed by atoms with E-state index < -0.39 is 6.23 Å². The van der Waals surface area contributed by atoms with Gasteiger partial charge in [-0.1, -0.05) is 6.92 Å². The van der Waals surface area contributed by atoms with Crippen LogP contribution in [0.3, 0.4) is 0 Å². The minimum absolute atomic E-state index is 0.255. The van der Waals surface area contributed by atoms with E-state index in [2.05, 4.69) is 5.32 Å². The Balaban J connectivity index is 3.10. The van der Waals surface area contributed by atoms with E-state index in [0.717, 1.165) is 6.42 Å². The number of aliphatic hydroxyl groups excluding tert-OH is 1. The summed E-state index contributed by atoms with van der Waals surface area (Å²) in [5, 5.41) is 12.8. The van der Waals surface area contributed by atoms with Crippen LogP contribution in [0.5, 0.6) is 0 Å². The van der Waals surface area contributed by atoms with Gasteiger partial charge in [0, 0.05) is 6.04 Å². The van der Waals surface area contributed by atoms with Crippen LogP contribution < -0.4 is 5.32 Å². The van der Waals surface area contributed by atoms with E-state index in [1.807, 2.05) is 20.8 Å². The fraction of sp³-hybridized carbons (Fsp3) is 1.00. The van der Waals surface area contributed by atoms with Crippen LogP contribution in [0, 0.1) is 0 Å². The first kappa shape index (κ1) is 7.92. The van der Waals surface area contributed by atoms with Crippen LogP contribution in [0.2, 0.25) is 0 Å². The monoisotopic (exact) mass is 116 g/mol. The summed E-state index contributed by atoms with van der Waals surface area (Å²) in [4.78, 5) is 0. The molecule has 1 atom stereocenters. The van der Waals surface area contributed by atoms with Gasteiger partial charge in [-0.05, 0) is 20.3 Å². The molecule has 0 saturated heterocycles. The predicted molar refractivity (Wildman–Crippen MR) is 33.6 cm³/mol. The van der Waals surface area contributed by atoms with Gasteiger partial charge in [0.05, 0.1) is 0 Å². The topological polar surface area (TPSA) is 34.3 Å². The average molecular weight is 116 g/mol. The Kier molecular flexibility index (Phi) is 3.83. The molecule has 0 aromatic carbocycles. The Morgan fingerprint density at radius 3 is 2.12 bits per heavy atom. The SMILES string of the molecule is CCC(O)[N]C(C)C. The molecule has 8 heavy (non-hydrogen) atoms. The normalized spacial score (nSPS) is 14.6. The second kappa shape index (κ2) is 3.87. The van der Waals surface area contributed by atoms with Crippen LogP contribution >= 0.6 is 0 Å². The second-order valence-corrected chi connectivity index (χ2v) is 2.13. The molecule has 0 amide bonds. The minimum Gasteiger partial charge on any atom is -0.377 e. The zero-order valence-electron chi connectivity index (χ0n) is 5.76. The maximum Gasteiger partial charge on any atom is 0.120 e. The molecule has 0 aromatic rings. The molecule has 49 valence electrons. The quantitative estimate of drug-likeness (QED) is 0.579. The van der Waals surface area contributed by atoms with Crippen molar-refractivity contribution in [1.82, 2.24) is 5.32 Å². The second-order valence-electron chi connectivity index (χ2n) is 2.13. The van der Waals surface area contributed by atoms with Crippen molar-refractivity contribution in [3.8, 4) is 0 Å². The molecule has 0 fully saturated rings. The summed E-state index contributed by atoms with van der Waals surface area (Å²) in [6.07, 6.45) is 0.271. The van der Waals surface area contributed by atoms with Gasteiger partial charge >= 0.3 is 0 Å². The van der Waals surface area contributed by atoms with Crippen LogP contribution in [-0.2, 0) is 0 Å². The maximum atomic E-state index is 8.86. The molecule has 2 nitrogen and oxygen atoms in total.